The molecule has 5 nitrogen and oxygen atoms in total. The average Bonchev–Trinajstić information content (AvgIpc) is 2.88. The van der Waals surface area contributed by atoms with Gasteiger partial charge < -0.3 is 4.74 Å². The maximum atomic E-state index is 12.0. The van der Waals surface area contributed by atoms with Gasteiger partial charge in [0.1, 0.15) is 5.60 Å². The van der Waals surface area contributed by atoms with E-state index in [1.165, 1.54) is 4.88 Å². The quantitative estimate of drug-likeness (QED) is 0.810. The summed E-state index contributed by atoms with van der Waals surface area (Å²) in [7, 11) is 0. The first-order chi connectivity index (χ1) is 8.87. The van der Waals surface area contributed by atoms with Gasteiger partial charge in [-0.25, -0.2) is 9.48 Å². The van der Waals surface area contributed by atoms with Gasteiger partial charge in [-0.05, 0) is 39.1 Å². The Labute approximate surface area is 116 Å². The largest absolute Gasteiger partial charge is 0.455 e. The molecule has 0 radical (unpaired) electrons. The summed E-state index contributed by atoms with van der Waals surface area (Å²) in [6, 6.07) is 4.01. The van der Waals surface area contributed by atoms with Crippen molar-refractivity contribution in [3.63, 3.8) is 0 Å². The van der Waals surface area contributed by atoms with Gasteiger partial charge >= 0.3 is 5.97 Å². The molecule has 0 bridgehead atoms. The lowest BCUT2D eigenvalue weighted by Crippen LogP contribution is -2.24. The Morgan fingerprint density at radius 1 is 1.47 bits per heavy atom. The fraction of sp³-hybridized carbons (Fsp3) is 0.462. The standard InChI is InChI=1S/C13H17N3O2S/c1-9-11(12(17)18-13(2,3)4)14-15-16(9)8-10-6-5-7-19-10/h5-7H,8H2,1-4H3. The van der Waals surface area contributed by atoms with E-state index in [4.69, 9.17) is 4.74 Å². The van der Waals surface area contributed by atoms with Crippen LogP contribution in [0.15, 0.2) is 17.5 Å². The number of aromatic nitrogens is 3. The van der Waals surface area contributed by atoms with Crippen LogP contribution < -0.4 is 0 Å². The normalized spacial score (nSPS) is 11.6. The third-order valence-electron chi connectivity index (χ3n) is 2.46. The van der Waals surface area contributed by atoms with E-state index in [0.29, 0.717) is 6.54 Å². The summed E-state index contributed by atoms with van der Waals surface area (Å²) in [6.07, 6.45) is 0. The molecule has 0 aliphatic carbocycles. The third kappa shape index (κ3) is 3.41. The van der Waals surface area contributed by atoms with E-state index < -0.39 is 11.6 Å². The molecule has 2 aromatic heterocycles. The van der Waals surface area contributed by atoms with Crippen LogP contribution in [0.4, 0.5) is 0 Å². The number of esters is 1. The molecule has 2 heterocycles. The van der Waals surface area contributed by atoms with Crippen LogP contribution in [0.25, 0.3) is 0 Å². The second-order valence-corrected chi connectivity index (χ2v) is 6.29. The number of nitrogens with zero attached hydrogens (tertiary/aromatic N) is 3. The molecule has 0 N–H and O–H groups in total. The molecule has 0 aromatic carbocycles. The van der Waals surface area contributed by atoms with Gasteiger partial charge in [0, 0.05) is 4.88 Å². The van der Waals surface area contributed by atoms with Gasteiger partial charge in [0.15, 0.2) is 5.69 Å². The first-order valence-electron chi connectivity index (χ1n) is 6.02. The molecule has 0 saturated carbocycles. The maximum absolute atomic E-state index is 12.0. The average molecular weight is 279 g/mol. The first kappa shape index (κ1) is 13.7. The summed E-state index contributed by atoms with van der Waals surface area (Å²) in [4.78, 5) is 13.1. The fourth-order valence-corrected chi connectivity index (χ4v) is 2.26. The van der Waals surface area contributed by atoms with Crippen molar-refractivity contribution in [2.24, 2.45) is 0 Å². The second-order valence-electron chi connectivity index (χ2n) is 5.26. The third-order valence-corrected chi connectivity index (χ3v) is 3.32. The molecular formula is C13H17N3O2S. The Hall–Kier alpha value is -1.69. The fourth-order valence-electron chi connectivity index (χ4n) is 1.58. The smallest absolute Gasteiger partial charge is 0.361 e. The molecule has 0 aliphatic rings. The molecule has 0 fully saturated rings. The molecule has 19 heavy (non-hydrogen) atoms. The summed E-state index contributed by atoms with van der Waals surface area (Å²) in [5.41, 5.74) is 0.482. The van der Waals surface area contributed by atoms with Crippen molar-refractivity contribution in [1.82, 2.24) is 15.0 Å². The van der Waals surface area contributed by atoms with E-state index in [-0.39, 0.29) is 5.69 Å². The molecule has 2 rings (SSSR count). The van der Waals surface area contributed by atoms with Crippen molar-refractivity contribution in [3.05, 3.63) is 33.8 Å². The van der Waals surface area contributed by atoms with Crippen LogP contribution in [0, 0.1) is 6.92 Å². The highest BCUT2D eigenvalue weighted by Crippen LogP contribution is 2.15. The van der Waals surface area contributed by atoms with Crippen molar-refractivity contribution in [3.8, 4) is 0 Å². The van der Waals surface area contributed by atoms with Crippen molar-refractivity contribution < 1.29 is 9.53 Å². The lowest BCUT2D eigenvalue weighted by atomic mass is 10.2. The molecule has 0 saturated heterocycles. The molecular weight excluding hydrogens is 262 g/mol. The molecule has 6 heteroatoms. The molecule has 0 amide bonds. The Morgan fingerprint density at radius 3 is 2.79 bits per heavy atom. The zero-order chi connectivity index (χ0) is 14.0. The molecule has 102 valence electrons. The molecule has 2 aromatic rings. The van der Waals surface area contributed by atoms with Gasteiger partial charge in [-0.1, -0.05) is 11.3 Å². The second kappa shape index (κ2) is 5.13. The van der Waals surface area contributed by atoms with Crippen LogP contribution in [0.5, 0.6) is 0 Å². The zero-order valence-electron chi connectivity index (χ0n) is 11.5. The lowest BCUT2D eigenvalue weighted by Gasteiger charge is -2.18. The predicted octanol–water partition coefficient (Wildman–Crippen LogP) is 2.65. The molecule has 0 aliphatic heterocycles. The Morgan fingerprint density at radius 2 is 2.21 bits per heavy atom. The Kier molecular flexibility index (Phi) is 3.71. The predicted molar refractivity (Wildman–Crippen MR) is 73.3 cm³/mol. The molecule has 0 unspecified atom stereocenters. The van der Waals surface area contributed by atoms with Crippen LogP contribution in [0.3, 0.4) is 0 Å². The highest BCUT2D eigenvalue weighted by molar-refractivity contribution is 7.09. The van der Waals surface area contributed by atoms with E-state index in [1.54, 1.807) is 16.0 Å². The minimum atomic E-state index is -0.527. The minimum Gasteiger partial charge on any atom is -0.455 e. The minimum absolute atomic E-state index is 0.284. The van der Waals surface area contributed by atoms with E-state index in [2.05, 4.69) is 10.3 Å². The topological polar surface area (TPSA) is 57.0 Å². The number of thiophene rings is 1. The number of carbonyl (C=O) groups is 1. The van der Waals surface area contributed by atoms with Crippen LogP contribution in [0.1, 0.15) is 41.8 Å². The zero-order valence-corrected chi connectivity index (χ0v) is 12.3. The molecule has 0 atom stereocenters. The van der Waals surface area contributed by atoms with Gasteiger partial charge in [0.2, 0.25) is 0 Å². The van der Waals surface area contributed by atoms with Crippen molar-refractivity contribution in [2.45, 2.75) is 39.8 Å². The summed E-state index contributed by atoms with van der Waals surface area (Å²) in [5.74, 6) is -0.428. The van der Waals surface area contributed by atoms with Crippen LogP contribution in [-0.2, 0) is 11.3 Å². The monoisotopic (exact) mass is 279 g/mol. The molecule has 0 spiro atoms. The van der Waals surface area contributed by atoms with Gasteiger partial charge in [-0.3, -0.25) is 0 Å². The van der Waals surface area contributed by atoms with Gasteiger partial charge in [-0.15, -0.1) is 16.4 Å². The van der Waals surface area contributed by atoms with Crippen LogP contribution in [0.2, 0.25) is 0 Å². The van der Waals surface area contributed by atoms with Crippen molar-refractivity contribution in [2.75, 3.05) is 0 Å². The summed E-state index contributed by atoms with van der Waals surface area (Å²) in [5, 5.41) is 9.95. The van der Waals surface area contributed by atoms with Gasteiger partial charge in [-0.2, -0.15) is 0 Å². The van der Waals surface area contributed by atoms with E-state index in [0.717, 1.165) is 5.69 Å². The highest BCUT2D eigenvalue weighted by Gasteiger charge is 2.23. The van der Waals surface area contributed by atoms with Gasteiger partial charge in [0.05, 0.1) is 12.2 Å². The van der Waals surface area contributed by atoms with Gasteiger partial charge in [0.25, 0.3) is 0 Å². The van der Waals surface area contributed by atoms with E-state index in [9.17, 15) is 4.79 Å². The summed E-state index contributed by atoms with van der Waals surface area (Å²) < 4.78 is 7.01. The SMILES string of the molecule is Cc1c(C(=O)OC(C)(C)C)nnn1Cc1cccs1. The number of rotatable bonds is 3. The van der Waals surface area contributed by atoms with Crippen LogP contribution >= 0.6 is 11.3 Å². The Balaban J connectivity index is 2.16. The number of carbonyl (C=O) groups excluding carboxylic acids is 1. The first-order valence-corrected chi connectivity index (χ1v) is 6.90. The van der Waals surface area contributed by atoms with E-state index in [1.807, 2.05) is 45.2 Å². The van der Waals surface area contributed by atoms with Crippen molar-refractivity contribution >= 4 is 17.3 Å². The van der Waals surface area contributed by atoms with Crippen molar-refractivity contribution in [1.29, 1.82) is 0 Å². The van der Waals surface area contributed by atoms with Crippen LogP contribution in [-0.4, -0.2) is 26.6 Å². The number of ether oxygens (including phenoxy) is 1. The number of hydrogen-bond donors (Lipinski definition) is 0. The van der Waals surface area contributed by atoms with E-state index >= 15 is 0 Å². The lowest BCUT2D eigenvalue weighted by molar-refractivity contribution is 0.00619. The Bertz CT molecular complexity index is 567. The highest BCUT2D eigenvalue weighted by atomic mass is 32.1. The summed E-state index contributed by atoms with van der Waals surface area (Å²) >= 11 is 1.65. The maximum Gasteiger partial charge on any atom is 0.361 e. The number of hydrogen-bond acceptors (Lipinski definition) is 5. The summed E-state index contributed by atoms with van der Waals surface area (Å²) in [6.45, 7) is 7.94.